The first-order chi connectivity index (χ1) is 12.9. The Morgan fingerprint density at radius 2 is 1.70 bits per heavy atom. The van der Waals surface area contributed by atoms with Crippen molar-refractivity contribution >= 4 is 39.8 Å². The second-order valence-corrected chi connectivity index (χ2v) is 7.36. The second-order valence-electron chi connectivity index (χ2n) is 5.70. The van der Waals surface area contributed by atoms with E-state index < -0.39 is 5.97 Å². The molecule has 0 aliphatic heterocycles. The topological polar surface area (TPSA) is 55.4 Å². The Bertz CT molecular complexity index is 997. The SMILES string of the molecule is COC(=O)c1c(NC(=O)c2ccc(Cl)cc2)sc(C)c1-c1ccc(F)cc1. The number of amides is 1. The lowest BCUT2D eigenvalue weighted by molar-refractivity contribution is 0.0603. The molecular weight excluding hydrogens is 389 g/mol. The highest BCUT2D eigenvalue weighted by Crippen LogP contribution is 2.40. The van der Waals surface area contributed by atoms with Gasteiger partial charge in [0.15, 0.2) is 0 Å². The van der Waals surface area contributed by atoms with Crippen molar-refractivity contribution in [3.63, 3.8) is 0 Å². The van der Waals surface area contributed by atoms with Crippen molar-refractivity contribution in [1.29, 1.82) is 0 Å². The maximum Gasteiger partial charge on any atom is 0.341 e. The molecule has 0 unspecified atom stereocenters. The number of anilines is 1. The summed E-state index contributed by atoms with van der Waals surface area (Å²) in [6, 6.07) is 12.2. The van der Waals surface area contributed by atoms with Crippen LogP contribution in [0.25, 0.3) is 11.1 Å². The second kappa shape index (κ2) is 7.90. The largest absolute Gasteiger partial charge is 0.465 e. The van der Waals surface area contributed by atoms with Crippen LogP contribution in [-0.4, -0.2) is 19.0 Å². The van der Waals surface area contributed by atoms with Gasteiger partial charge in [0.2, 0.25) is 0 Å². The average Bonchev–Trinajstić information content (AvgIpc) is 2.98. The third-order valence-corrected chi connectivity index (χ3v) is 5.21. The predicted octanol–water partition coefficient (Wildman–Crippen LogP) is 5.55. The molecule has 3 rings (SSSR count). The smallest absolute Gasteiger partial charge is 0.341 e. The van der Waals surface area contributed by atoms with Crippen LogP contribution in [0.2, 0.25) is 5.02 Å². The Balaban J connectivity index is 2.04. The molecule has 2 aromatic carbocycles. The van der Waals surface area contributed by atoms with Crippen LogP contribution >= 0.6 is 22.9 Å². The number of esters is 1. The standard InChI is InChI=1S/C20H15ClFNO3S/c1-11-16(12-5-9-15(22)10-6-12)17(20(25)26-2)19(27-11)23-18(24)13-3-7-14(21)8-4-13/h3-10H,1-2H3,(H,23,24). The summed E-state index contributed by atoms with van der Waals surface area (Å²) in [6.45, 7) is 1.83. The van der Waals surface area contributed by atoms with Gasteiger partial charge in [-0.1, -0.05) is 23.7 Å². The minimum absolute atomic E-state index is 0.244. The molecule has 0 fully saturated rings. The summed E-state index contributed by atoms with van der Waals surface area (Å²) < 4.78 is 18.2. The molecule has 27 heavy (non-hydrogen) atoms. The van der Waals surface area contributed by atoms with E-state index in [4.69, 9.17) is 16.3 Å². The average molecular weight is 404 g/mol. The molecule has 4 nitrogen and oxygen atoms in total. The molecular formula is C20H15ClFNO3S. The van der Waals surface area contributed by atoms with Crippen molar-refractivity contribution in [2.75, 3.05) is 12.4 Å². The third-order valence-electron chi connectivity index (χ3n) is 3.94. The van der Waals surface area contributed by atoms with Crippen molar-refractivity contribution in [2.45, 2.75) is 6.92 Å². The fourth-order valence-corrected chi connectivity index (χ4v) is 3.86. The van der Waals surface area contributed by atoms with Gasteiger partial charge in [0, 0.05) is 21.0 Å². The van der Waals surface area contributed by atoms with Crippen LogP contribution in [0.3, 0.4) is 0 Å². The number of benzene rings is 2. The number of rotatable bonds is 4. The lowest BCUT2D eigenvalue weighted by atomic mass is 10.0. The monoisotopic (exact) mass is 403 g/mol. The van der Waals surface area contributed by atoms with E-state index in [0.717, 1.165) is 4.88 Å². The molecule has 0 atom stereocenters. The van der Waals surface area contributed by atoms with E-state index in [0.29, 0.717) is 26.7 Å². The summed E-state index contributed by atoms with van der Waals surface area (Å²) >= 11 is 7.10. The number of carbonyl (C=O) groups is 2. The third kappa shape index (κ3) is 4.02. The van der Waals surface area contributed by atoms with Gasteiger partial charge < -0.3 is 10.1 Å². The number of hydrogen-bond donors (Lipinski definition) is 1. The number of carbonyl (C=O) groups excluding carboxylic acids is 2. The summed E-state index contributed by atoms with van der Waals surface area (Å²) in [6.07, 6.45) is 0. The molecule has 1 heterocycles. The molecule has 1 N–H and O–H groups in total. The maximum absolute atomic E-state index is 13.3. The van der Waals surface area contributed by atoms with Crippen LogP contribution in [0.15, 0.2) is 48.5 Å². The zero-order valence-corrected chi connectivity index (χ0v) is 16.1. The molecule has 0 radical (unpaired) electrons. The molecule has 0 saturated heterocycles. The summed E-state index contributed by atoms with van der Waals surface area (Å²) in [5, 5.41) is 3.66. The normalized spacial score (nSPS) is 10.5. The summed E-state index contributed by atoms with van der Waals surface area (Å²) in [5.74, 6) is -1.32. The molecule has 7 heteroatoms. The number of halogens is 2. The highest BCUT2D eigenvalue weighted by atomic mass is 35.5. The van der Waals surface area contributed by atoms with Gasteiger partial charge in [0.25, 0.3) is 5.91 Å². The number of nitrogens with one attached hydrogen (secondary N) is 1. The van der Waals surface area contributed by atoms with Gasteiger partial charge in [-0.2, -0.15) is 0 Å². The fraction of sp³-hybridized carbons (Fsp3) is 0.100. The molecule has 1 aromatic heterocycles. The number of aryl methyl sites for hydroxylation is 1. The predicted molar refractivity (Wildman–Crippen MR) is 105 cm³/mol. The summed E-state index contributed by atoms with van der Waals surface area (Å²) in [4.78, 5) is 25.8. The highest BCUT2D eigenvalue weighted by Gasteiger charge is 2.25. The van der Waals surface area contributed by atoms with Gasteiger partial charge in [-0.3, -0.25) is 4.79 Å². The number of thiophene rings is 1. The van der Waals surface area contributed by atoms with Crippen LogP contribution in [0.1, 0.15) is 25.6 Å². The van der Waals surface area contributed by atoms with Crippen LogP contribution in [0, 0.1) is 12.7 Å². The van der Waals surface area contributed by atoms with Gasteiger partial charge in [-0.05, 0) is 48.9 Å². The van der Waals surface area contributed by atoms with Crippen molar-refractivity contribution < 1.29 is 18.7 Å². The quantitative estimate of drug-likeness (QED) is 0.580. The number of methoxy groups -OCH3 is 1. The molecule has 0 saturated carbocycles. The van der Waals surface area contributed by atoms with Gasteiger partial charge in [-0.25, -0.2) is 9.18 Å². The van der Waals surface area contributed by atoms with E-state index in [2.05, 4.69) is 5.32 Å². The lowest BCUT2D eigenvalue weighted by Gasteiger charge is -2.08. The van der Waals surface area contributed by atoms with Gasteiger partial charge in [0.05, 0.1) is 7.11 Å². The lowest BCUT2D eigenvalue weighted by Crippen LogP contribution is -2.14. The molecule has 0 bridgehead atoms. The summed E-state index contributed by atoms with van der Waals surface area (Å²) in [7, 11) is 1.27. The van der Waals surface area contributed by atoms with Crippen molar-refractivity contribution in [3.05, 3.63) is 75.4 Å². The first kappa shape index (κ1) is 19.1. The molecule has 138 valence electrons. The molecule has 3 aromatic rings. The summed E-state index contributed by atoms with van der Waals surface area (Å²) in [5.41, 5.74) is 1.93. The van der Waals surface area contributed by atoms with Crippen molar-refractivity contribution in [2.24, 2.45) is 0 Å². The van der Waals surface area contributed by atoms with Gasteiger partial charge >= 0.3 is 5.97 Å². The van der Waals surface area contributed by atoms with Crippen LogP contribution in [-0.2, 0) is 4.74 Å². The van der Waals surface area contributed by atoms with Crippen molar-refractivity contribution in [3.8, 4) is 11.1 Å². The Morgan fingerprint density at radius 3 is 2.30 bits per heavy atom. The Hall–Kier alpha value is -2.70. The van der Waals surface area contributed by atoms with Crippen LogP contribution in [0.4, 0.5) is 9.39 Å². The zero-order chi connectivity index (χ0) is 19.6. The molecule has 0 spiro atoms. The van der Waals surface area contributed by atoms with Gasteiger partial charge in [-0.15, -0.1) is 11.3 Å². The van der Waals surface area contributed by atoms with E-state index in [-0.39, 0.29) is 17.3 Å². The van der Waals surface area contributed by atoms with E-state index in [1.807, 2.05) is 6.92 Å². The Kier molecular flexibility index (Phi) is 5.58. The van der Waals surface area contributed by atoms with Crippen molar-refractivity contribution in [1.82, 2.24) is 0 Å². The number of ether oxygens (including phenoxy) is 1. The Labute approximate surface area is 164 Å². The van der Waals surface area contributed by atoms with E-state index in [1.54, 1.807) is 36.4 Å². The van der Waals surface area contributed by atoms with E-state index in [1.165, 1.54) is 30.6 Å². The van der Waals surface area contributed by atoms with E-state index >= 15 is 0 Å². The highest BCUT2D eigenvalue weighted by molar-refractivity contribution is 7.17. The van der Waals surface area contributed by atoms with Crippen LogP contribution in [0.5, 0.6) is 0 Å². The molecule has 0 aliphatic rings. The first-order valence-electron chi connectivity index (χ1n) is 7.95. The molecule has 0 aliphatic carbocycles. The van der Waals surface area contributed by atoms with E-state index in [9.17, 15) is 14.0 Å². The minimum atomic E-state index is -0.579. The van der Waals surface area contributed by atoms with Gasteiger partial charge in [0.1, 0.15) is 16.4 Å². The zero-order valence-electron chi connectivity index (χ0n) is 14.5. The van der Waals surface area contributed by atoms with Crippen LogP contribution < -0.4 is 5.32 Å². The Morgan fingerprint density at radius 1 is 1.07 bits per heavy atom. The maximum atomic E-state index is 13.3. The molecule has 1 amide bonds. The number of hydrogen-bond acceptors (Lipinski definition) is 4. The fourth-order valence-electron chi connectivity index (χ4n) is 2.67. The first-order valence-corrected chi connectivity index (χ1v) is 9.14. The minimum Gasteiger partial charge on any atom is -0.465 e.